The predicted octanol–water partition coefficient (Wildman–Crippen LogP) is 4.25. The second-order valence-corrected chi connectivity index (χ2v) is 7.79. The molecule has 1 heterocycles. The highest BCUT2D eigenvalue weighted by Crippen LogP contribution is 2.59. The lowest BCUT2D eigenvalue weighted by Gasteiger charge is -2.19. The summed E-state index contributed by atoms with van der Waals surface area (Å²) >= 11 is 1.88. The van der Waals surface area contributed by atoms with Crippen LogP contribution >= 0.6 is 11.3 Å². The van der Waals surface area contributed by atoms with Crippen LogP contribution < -0.4 is 5.32 Å². The van der Waals surface area contributed by atoms with Crippen LogP contribution in [0.3, 0.4) is 0 Å². The molecule has 3 heteroatoms. The molecule has 2 fully saturated rings. The van der Waals surface area contributed by atoms with Gasteiger partial charge in [-0.1, -0.05) is 25.5 Å². The van der Waals surface area contributed by atoms with Gasteiger partial charge in [0.25, 0.3) is 0 Å². The third-order valence-corrected chi connectivity index (χ3v) is 6.39. The average Bonchev–Trinajstić information content (AvgIpc) is 2.89. The minimum Gasteiger partial charge on any atom is -0.313 e. The number of nitrogens with one attached hydrogen (secondary N) is 1. The molecule has 2 aromatic rings. The Hall–Kier alpha value is -0.930. The van der Waals surface area contributed by atoms with Crippen molar-refractivity contribution in [1.29, 1.82) is 0 Å². The first-order chi connectivity index (χ1) is 10.4. The van der Waals surface area contributed by atoms with Crippen LogP contribution in [0, 0.1) is 17.8 Å². The van der Waals surface area contributed by atoms with E-state index >= 15 is 0 Å². The standard InChI is InChI=1S/C18H24N2S/c1-2-10-19-15(18-12-6-5-7-13(12)18)11-17-20-14-8-3-4-9-16(14)21-17/h3-4,8-9,12-13,15,18-19H,2,5-7,10-11H2,1H3. The molecule has 0 saturated heterocycles. The number of fused-ring (bicyclic) bond motifs is 2. The molecule has 3 unspecified atom stereocenters. The Kier molecular flexibility index (Phi) is 3.72. The molecule has 0 radical (unpaired) electrons. The zero-order chi connectivity index (χ0) is 14.2. The molecule has 0 bridgehead atoms. The largest absolute Gasteiger partial charge is 0.313 e. The lowest BCUT2D eigenvalue weighted by atomic mass is 10.0. The normalized spacial score (nSPS) is 28.7. The van der Waals surface area contributed by atoms with Gasteiger partial charge in [-0.15, -0.1) is 11.3 Å². The Morgan fingerprint density at radius 3 is 2.86 bits per heavy atom. The maximum absolute atomic E-state index is 4.84. The lowest BCUT2D eigenvalue weighted by molar-refractivity contribution is 0.403. The third-order valence-electron chi connectivity index (χ3n) is 5.33. The van der Waals surface area contributed by atoms with Gasteiger partial charge in [0.2, 0.25) is 0 Å². The number of thiazole rings is 1. The van der Waals surface area contributed by atoms with Crippen molar-refractivity contribution in [3.8, 4) is 0 Å². The zero-order valence-corrected chi connectivity index (χ0v) is 13.5. The van der Waals surface area contributed by atoms with Crippen LogP contribution in [0.1, 0.15) is 37.6 Å². The van der Waals surface area contributed by atoms with Gasteiger partial charge in [-0.05, 0) is 55.7 Å². The molecule has 2 saturated carbocycles. The first-order valence-corrected chi connectivity index (χ1v) is 9.26. The lowest BCUT2D eigenvalue weighted by Crippen LogP contribution is -2.35. The average molecular weight is 300 g/mol. The minimum atomic E-state index is 0.654. The molecule has 1 aromatic carbocycles. The molecule has 3 atom stereocenters. The van der Waals surface area contributed by atoms with Gasteiger partial charge in [-0.2, -0.15) is 0 Å². The van der Waals surface area contributed by atoms with Crippen molar-refractivity contribution in [1.82, 2.24) is 10.3 Å². The van der Waals surface area contributed by atoms with E-state index in [2.05, 4.69) is 36.5 Å². The van der Waals surface area contributed by atoms with E-state index < -0.39 is 0 Å². The van der Waals surface area contributed by atoms with Crippen molar-refractivity contribution < 1.29 is 0 Å². The van der Waals surface area contributed by atoms with Crippen LogP contribution in [0.15, 0.2) is 24.3 Å². The molecule has 2 aliphatic rings. The van der Waals surface area contributed by atoms with Crippen LogP contribution in [-0.2, 0) is 6.42 Å². The topological polar surface area (TPSA) is 24.9 Å². The van der Waals surface area contributed by atoms with Crippen molar-refractivity contribution in [3.05, 3.63) is 29.3 Å². The smallest absolute Gasteiger partial charge is 0.0954 e. The van der Waals surface area contributed by atoms with Gasteiger partial charge in [-0.3, -0.25) is 0 Å². The second kappa shape index (κ2) is 5.69. The van der Waals surface area contributed by atoms with E-state index in [9.17, 15) is 0 Å². The van der Waals surface area contributed by atoms with Crippen molar-refractivity contribution in [2.75, 3.05) is 6.54 Å². The van der Waals surface area contributed by atoms with Crippen LogP contribution in [-0.4, -0.2) is 17.6 Å². The number of para-hydroxylation sites is 1. The highest BCUT2D eigenvalue weighted by Gasteiger charge is 2.55. The molecule has 21 heavy (non-hydrogen) atoms. The van der Waals surface area contributed by atoms with Gasteiger partial charge in [0.1, 0.15) is 0 Å². The maximum atomic E-state index is 4.84. The highest BCUT2D eigenvalue weighted by molar-refractivity contribution is 7.18. The van der Waals surface area contributed by atoms with Crippen LogP contribution in [0.4, 0.5) is 0 Å². The van der Waals surface area contributed by atoms with Gasteiger partial charge < -0.3 is 5.32 Å². The molecule has 0 aliphatic heterocycles. The van der Waals surface area contributed by atoms with Crippen molar-refractivity contribution >= 4 is 21.6 Å². The van der Waals surface area contributed by atoms with Crippen LogP contribution in [0.25, 0.3) is 10.2 Å². The van der Waals surface area contributed by atoms with Gasteiger partial charge in [-0.25, -0.2) is 4.98 Å². The van der Waals surface area contributed by atoms with E-state index in [4.69, 9.17) is 4.98 Å². The predicted molar refractivity (Wildman–Crippen MR) is 89.7 cm³/mol. The molecular formula is C18H24N2S. The van der Waals surface area contributed by atoms with E-state index in [1.165, 1.54) is 40.9 Å². The van der Waals surface area contributed by atoms with E-state index in [0.717, 1.165) is 30.7 Å². The van der Waals surface area contributed by atoms with Crippen molar-refractivity contribution in [3.63, 3.8) is 0 Å². The van der Waals surface area contributed by atoms with E-state index in [1.807, 2.05) is 11.3 Å². The van der Waals surface area contributed by atoms with Gasteiger partial charge >= 0.3 is 0 Å². The van der Waals surface area contributed by atoms with Crippen molar-refractivity contribution in [2.24, 2.45) is 17.8 Å². The second-order valence-electron chi connectivity index (χ2n) is 6.68. The summed E-state index contributed by atoms with van der Waals surface area (Å²) in [5.41, 5.74) is 1.17. The molecule has 4 rings (SSSR count). The van der Waals surface area contributed by atoms with Gasteiger partial charge in [0.15, 0.2) is 0 Å². The summed E-state index contributed by atoms with van der Waals surface area (Å²) < 4.78 is 1.33. The Morgan fingerprint density at radius 2 is 2.10 bits per heavy atom. The van der Waals surface area contributed by atoms with E-state index in [0.29, 0.717) is 6.04 Å². The number of benzene rings is 1. The Bertz CT molecular complexity index is 577. The van der Waals surface area contributed by atoms with Crippen molar-refractivity contribution in [2.45, 2.75) is 45.1 Å². The summed E-state index contributed by atoms with van der Waals surface area (Å²) in [6, 6.07) is 9.18. The quantitative estimate of drug-likeness (QED) is 0.862. The molecule has 2 aliphatic carbocycles. The fourth-order valence-corrected chi connectivity index (χ4v) is 5.37. The summed E-state index contributed by atoms with van der Waals surface area (Å²) in [5, 5.41) is 5.13. The number of aromatic nitrogens is 1. The Balaban J connectivity index is 1.50. The number of rotatable bonds is 6. The Morgan fingerprint density at radius 1 is 1.29 bits per heavy atom. The number of hydrogen-bond donors (Lipinski definition) is 1. The van der Waals surface area contributed by atoms with Gasteiger partial charge in [0, 0.05) is 12.5 Å². The SMILES string of the molecule is CCCNC(Cc1nc2ccccc2s1)C1C2CCCC21. The third kappa shape index (κ3) is 2.62. The molecular weight excluding hydrogens is 276 g/mol. The highest BCUT2D eigenvalue weighted by atomic mass is 32.1. The van der Waals surface area contributed by atoms with E-state index in [1.54, 1.807) is 0 Å². The molecule has 2 nitrogen and oxygen atoms in total. The molecule has 0 spiro atoms. The Labute approximate surface area is 131 Å². The zero-order valence-electron chi connectivity index (χ0n) is 12.7. The monoisotopic (exact) mass is 300 g/mol. The molecule has 1 aromatic heterocycles. The number of nitrogens with zero attached hydrogens (tertiary/aromatic N) is 1. The van der Waals surface area contributed by atoms with Crippen LogP contribution in [0.5, 0.6) is 0 Å². The molecule has 1 N–H and O–H groups in total. The minimum absolute atomic E-state index is 0.654. The molecule has 112 valence electrons. The summed E-state index contributed by atoms with van der Waals surface area (Å²) in [4.78, 5) is 4.84. The first-order valence-electron chi connectivity index (χ1n) is 8.44. The summed E-state index contributed by atoms with van der Waals surface area (Å²) in [6.07, 6.45) is 6.75. The maximum Gasteiger partial charge on any atom is 0.0954 e. The fraction of sp³-hybridized carbons (Fsp3) is 0.611. The first kappa shape index (κ1) is 13.7. The summed E-state index contributed by atoms with van der Waals surface area (Å²) in [5.74, 6) is 2.97. The summed E-state index contributed by atoms with van der Waals surface area (Å²) in [6.45, 7) is 3.40. The number of hydrogen-bond acceptors (Lipinski definition) is 3. The van der Waals surface area contributed by atoms with E-state index in [-0.39, 0.29) is 0 Å². The summed E-state index contributed by atoms with van der Waals surface area (Å²) in [7, 11) is 0. The van der Waals surface area contributed by atoms with Crippen LogP contribution in [0.2, 0.25) is 0 Å². The fourth-order valence-electron chi connectivity index (χ4n) is 4.34. The molecule has 0 amide bonds. The van der Waals surface area contributed by atoms with Gasteiger partial charge in [0.05, 0.1) is 15.2 Å².